The fourth-order valence-corrected chi connectivity index (χ4v) is 5.26. The van der Waals surface area contributed by atoms with Crippen LogP contribution in [-0.2, 0) is 6.54 Å². The Hall–Kier alpha value is -0.530. The Morgan fingerprint density at radius 3 is 1.24 bits per heavy atom. The van der Waals surface area contributed by atoms with Gasteiger partial charge in [0.05, 0.1) is 0 Å². The summed E-state index contributed by atoms with van der Waals surface area (Å²) in [6.45, 7) is 7.99. The van der Waals surface area contributed by atoms with Gasteiger partial charge in [-0.2, -0.15) is 0 Å². The standard InChI is InChI=1S/C32H59N.ClH/c1-4-7-10-13-16-22-27-32(28-23-17-14-11-8-5-2,29-24-18-15-12-9-6-3)33-30-31-25-20-19-21-26-31;/h19-21,25-26,33H,4-18,22-24,27-30H2,1-3H3;1H. The van der Waals surface area contributed by atoms with E-state index in [2.05, 4.69) is 56.4 Å². The molecule has 1 rings (SSSR count). The number of halogens is 1. The van der Waals surface area contributed by atoms with Crippen molar-refractivity contribution in [3.63, 3.8) is 0 Å². The van der Waals surface area contributed by atoms with Crippen LogP contribution >= 0.6 is 12.4 Å². The molecule has 200 valence electrons. The van der Waals surface area contributed by atoms with Gasteiger partial charge in [0.15, 0.2) is 0 Å². The van der Waals surface area contributed by atoms with Gasteiger partial charge in [0.2, 0.25) is 0 Å². The minimum Gasteiger partial charge on any atom is -0.307 e. The summed E-state index contributed by atoms with van der Waals surface area (Å²) in [5.74, 6) is 0. The van der Waals surface area contributed by atoms with E-state index in [1.54, 1.807) is 0 Å². The largest absolute Gasteiger partial charge is 0.307 e. The second kappa shape index (κ2) is 24.2. The molecule has 1 N–H and O–H groups in total. The van der Waals surface area contributed by atoms with Crippen LogP contribution in [0.15, 0.2) is 30.3 Å². The first-order chi connectivity index (χ1) is 16.3. The number of hydrogen-bond donors (Lipinski definition) is 1. The Kier molecular flexibility index (Phi) is 23.8. The fourth-order valence-electron chi connectivity index (χ4n) is 5.26. The third-order valence-electron chi connectivity index (χ3n) is 7.54. The van der Waals surface area contributed by atoms with Crippen molar-refractivity contribution in [2.45, 2.75) is 168 Å². The zero-order valence-corrected chi connectivity index (χ0v) is 24.2. The minimum atomic E-state index is 0. The van der Waals surface area contributed by atoms with E-state index < -0.39 is 0 Å². The fraction of sp³-hybridized carbons (Fsp3) is 0.812. The van der Waals surface area contributed by atoms with Crippen molar-refractivity contribution in [2.24, 2.45) is 0 Å². The predicted octanol–water partition coefficient (Wildman–Crippen LogP) is 11.2. The average molecular weight is 494 g/mol. The maximum absolute atomic E-state index is 4.16. The molecule has 0 saturated carbocycles. The second-order valence-corrected chi connectivity index (χ2v) is 10.7. The molecule has 0 heterocycles. The van der Waals surface area contributed by atoms with E-state index in [-0.39, 0.29) is 12.4 Å². The van der Waals surface area contributed by atoms with Crippen LogP contribution in [0.1, 0.15) is 161 Å². The highest BCUT2D eigenvalue weighted by Gasteiger charge is 2.28. The van der Waals surface area contributed by atoms with Crippen molar-refractivity contribution in [2.75, 3.05) is 0 Å². The van der Waals surface area contributed by atoms with Gasteiger partial charge >= 0.3 is 0 Å². The monoisotopic (exact) mass is 493 g/mol. The summed E-state index contributed by atoms with van der Waals surface area (Å²) >= 11 is 0. The first kappa shape index (κ1) is 33.5. The molecule has 1 nitrogen and oxygen atoms in total. The molecule has 1 aromatic rings. The number of nitrogens with one attached hydrogen (secondary N) is 1. The van der Waals surface area contributed by atoms with E-state index >= 15 is 0 Å². The third-order valence-corrected chi connectivity index (χ3v) is 7.54. The van der Waals surface area contributed by atoms with Crippen LogP contribution in [0, 0.1) is 0 Å². The highest BCUT2D eigenvalue weighted by Crippen LogP contribution is 2.30. The van der Waals surface area contributed by atoms with Crippen molar-refractivity contribution in [3.8, 4) is 0 Å². The van der Waals surface area contributed by atoms with Crippen LogP contribution in [0.2, 0.25) is 0 Å². The molecule has 0 aliphatic carbocycles. The molecular formula is C32H60ClN. The van der Waals surface area contributed by atoms with Gasteiger partial charge < -0.3 is 5.32 Å². The maximum Gasteiger partial charge on any atom is 0.0210 e. The van der Waals surface area contributed by atoms with Crippen molar-refractivity contribution in [3.05, 3.63) is 35.9 Å². The molecule has 34 heavy (non-hydrogen) atoms. The van der Waals surface area contributed by atoms with Gasteiger partial charge in [-0.1, -0.05) is 167 Å². The summed E-state index contributed by atoms with van der Waals surface area (Å²) in [5, 5.41) is 4.16. The molecule has 0 radical (unpaired) electrons. The molecule has 0 spiro atoms. The highest BCUT2D eigenvalue weighted by atomic mass is 35.5. The quantitative estimate of drug-likeness (QED) is 0.141. The van der Waals surface area contributed by atoms with Crippen LogP contribution in [0.4, 0.5) is 0 Å². The van der Waals surface area contributed by atoms with E-state index in [0.29, 0.717) is 5.54 Å². The van der Waals surface area contributed by atoms with Gasteiger partial charge in [0.1, 0.15) is 0 Å². The highest BCUT2D eigenvalue weighted by molar-refractivity contribution is 5.85. The van der Waals surface area contributed by atoms with E-state index in [1.165, 1.54) is 140 Å². The molecule has 0 amide bonds. The Morgan fingerprint density at radius 2 is 0.853 bits per heavy atom. The first-order valence-electron chi connectivity index (χ1n) is 15.0. The lowest BCUT2D eigenvalue weighted by atomic mass is 9.81. The normalized spacial score (nSPS) is 11.5. The van der Waals surface area contributed by atoms with Gasteiger partial charge in [-0.3, -0.25) is 0 Å². The molecule has 2 heteroatoms. The SMILES string of the molecule is CCCCCCCCC(CCCCCCCC)(CCCCCCCC)NCc1ccccc1.Cl. The Bertz CT molecular complexity index is 474. The van der Waals surface area contributed by atoms with Gasteiger partial charge in [-0.15, -0.1) is 12.4 Å². The Labute approximate surface area is 221 Å². The zero-order valence-electron chi connectivity index (χ0n) is 23.4. The van der Waals surface area contributed by atoms with E-state index in [9.17, 15) is 0 Å². The van der Waals surface area contributed by atoms with E-state index in [4.69, 9.17) is 0 Å². The topological polar surface area (TPSA) is 12.0 Å². The molecule has 0 aromatic heterocycles. The molecule has 0 aliphatic heterocycles. The lowest BCUT2D eigenvalue weighted by molar-refractivity contribution is 0.233. The van der Waals surface area contributed by atoms with Crippen molar-refractivity contribution < 1.29 is 0 Å². The zero-order chi connectivity index (χ0) is 23.9. The molecule has 0 bridgehead atoms. The van der Waals surface area contributed by atoms with Crippen LogP contribution < -0.4 is 5.32 Å². The summed E-state index contributed by atoms with van der Waals surface area (Å²) in [5.41, 5.74) is 1.78. The molecular weight excluding hydrogens is 434 g/mol. The van der Waals surface area contributed by atoms with Crippen LogP contribution in [0.3, 0.4) is 0 Å². The summed E-state index contributed by atoms with van der Waals surface area (Å²) in [4.78, 5) is 0. The molecule has 0 saturated heterocycles. The van der Waals surface area contributed by atoms with E-state index in [1.807, 2.05) is 0 Å². The lowest BCUT2D eigenvalue weighted by Crippen LogP contribution is -2.45. The number of unbranched alkanes of at least 4 members (excludes halogenated alkanes) is 15. The molecule has 0 atom stereocenters. The van der Waals surface area contributed by atoms with Crippen LogP contribution in [0.5, 0.6) is 0 Å². The van der Waals surface area contributed by atoms with Crippen LogP contribution in [0.25, 0.3) is 0 Å². The first-order valence-corrected chi connectivity index (χ1v) is 15.0. The minimum absolute atomic E-state index is 0. The van der Waals surface area contributed by atoms with Gasteiger partial charge in [-0.05, 0) is 24.8 Å². The smallest absolute Gasteiger partial charge is 0.0210 e. The van der Waals surface area contributed by atoms with Crippen molar-refractivity contribution in [1.29, 1.82) is 0 Å². The van der Waals surface area contributed by atoms with Crippen molar-refractivity contribution >= 4 is 12.4 Å². The van der Waals surface area contributed by atoms with Gasteiger partial charge in [-0.25, -0.2) is 0 Å². The molecule has 0 unspecified atom stereocenters. The molecule has 0 fully saturated rings. The Balaban J connectivity index is 0.0000109. The van der Waals surface area contributed by atoms with Gasteiger partial charge in [0, 0.05) is 12.1 Å². The summed E-state index contributed by atoms with van der Waals surface area (Å²) in [6.07, 6.45) is 29.4. The third kappa shape index (κ3) is 17.8. The van der Waals surface area contributed by atoms with Crippen LogP contribution in [-0.4, -0.2) is 5.54 Å². The Morgan fingerprint density at radius 1 is 0.500 bits per heavy atom. The summed E-state index contributed by atoms with van der Waals surface area (Å²) < 4.78 is 0. The number of hydrogen-bond acceptors (Lipinski definition) is 1. The van der Waals surface area contributed by atoms with Crippen molar-refractivity contribution in [1.82, 2.24) is 5.32 Å². The number of benzene rings is 1. The maximum atomic E-state index is 4.16. The molecule has 0 aliphatic rings. The predicted molar refractivity (Wildman–Crippen MR) is 157 cm³/mol. The lowest BCUT2D eigenvalue weighted by Gasteiger charge is -2.36. The number of rotatable bonds is 24. The van der Waals surface area contributed by atoms with Gasteiger partial charge in [0.25, 0.3) is 0 Å². The van der Waals surface area contributed by atoms with E-state index in [0.717, 1.165) is 6.54 Å². The summed E-state index contributed by atoms with van der Waals surface area (Å²) in [7, 11) is 0. The second-order valence-electron chi connectivity index (χ2n) is 10.7. The molecule has 1 aromatic carbocycles. The summed E-state index contributed by atoms with van der Waals surface area (Å²) in [6, 6.07) is 11.1. The average Bonchev–Trinajstić information content (AvgIpc) is 2.85.